The summed E-state index contributed by atoms with van der Waals surface area (Å²) in [7, 11) is 2.76. The van der Waals surface area contributed by atoms with E-state index in [0.29, 0.717) is 10.4 Å². The number of aliphatic hydroxyl groups is 1. The highest BCUT2D eigenvalue weighted by molar-refractivity contribution is 6.33. The molecule has 0 aliphatic heterocycles. The van der Waals surface area contributed by atoms with Gasteiger partial charge < -0.3 is 14.5 Å². The van der Waals surface area contributed by atoms with Crippen LogP contribution in [0, 0.1) is 6.92 Å². The molecule has 0 fully saturated rings. The van der Waals surface area contributed by atoms with Crippen LogP contribution in [0.1, 0.15) is 56.2 Å². The second kappa shape index (κ2) is 11.8. The first-order chi connectivity index (χ1) is 15.0. The molecule has 4 nitrogen and oxygen atoms in total. The van der Waals surface area contributed by atoms with Gasteiger partial charge in [0, 0.05) is 41.4 Å². The van der Waals surface area contributed by atoms with Crippen LogP contribution in [0.25, 0.3) is 21.9 Å². The van der Waals surface area contributed by atoms with Crippen LogP contribution in [-0.2, 0) is 11.8 Å². The predicted octanol–water partition coefficient (Wildman–Crippen LogP) is 6.03. The molecule has 5 heteroatoms. The SMILES string of the molecule is CCCCCCC(C=O)c1c(-c2ccccc2Cl)c2cc(C)ccc2c(=O)n1C.CO. The topological polar surface area (TPSA) is 59.3 Å². The number of nitrogens with zero attached hydrogens (tertiary/aromatic N) is 1. The highest BCUT2D eigenvalue weighted by atomic mass is 35.5. The molecule has 0 aliphatic rings. The second-order valence-electron chi connectivity index (χ2n) is 7.75. The molecule has 1 aromatic heterocycles. The molecule has 166 valence electrons. The molecular weight excluding hydrogens is 410 g/mol. The van der Waals surface area contributed by atoms with Gasteiger partial charge in [-0.25, -0.2) is 0 Å². The van der Waals surface area contributed by atoms with Crippen molar-refractivity contribution in [3.05, 3.63) is 69.1 Å². The number of hydrogen-bond acceptors (Lipinski definition) is 3. The van der Waals surface area contributed by atoms with Gasteiger partial charge in [-0.2, -0.15) is 0 Å². The number of rotatable bonds is 8. The molecule has 0 amide bonds. The van der Waals surface area contributed by atoms with E-state index in [2.05, 4.69) is 6.92 Å². The molecule has 0 saturated carbocycles. The van der Waals surface area contributed by atoms with E-state index in [1.807, 2.05) is 49.4 Å². The minimum atomic E-state index is -0.347. The zero-order chi connectivity index (χ0) is 23.0. The molecule has 0 spiro atoms. The van der Waals surface area contributed by atoms with E-state index in [0.717, 1.165) is 73.3 Å². The third-order valence-electron chi connectivity index (χ3n) is 5.62. The summed E-state index contributed by atoms with van der Waals surface area (Å²) < 4.78 is 1.65. The van der Waals surface area contributed by atoms with E-state index in [1.54, 1.807) is 11.6 Å². The van der Waals surface area contributed by atoms with E-state index in [1.165, 1.54) is 0 Å². The van der Waals surface area contributed by atoms with E-state index in [9.17, 15) is 9.59 Å². The van der Waals surface area contributed by atoms with Crippen molar-refractivity contribution in [1.29, 1.82) is 0 Å². The molecule has 1 N–H and O–H groups in total. The highest BCUT2D eigenvalue weighted by Crippen LogP contribution is 2.39. The Bertz CT molecular complexity index is 1090. The van der Waals surface area contributed by atoms with Gasteiger partial charge in [-0.3, -0.25) is 4.79 Å². The number of aromatic nitrogens is 1. The fraction of sp³-hybridized carbons (Fsp3) is 0.385. The first-order valence-corrected chi connectivity index (χ1v) is 11.2. The third-order valence-corrected chi connectivity index (χ3v) is 5.95. The molecule has 1 heterocycles. The molecule has 31 heavy (non-hydrogen) atoms. The standard InChI is InChI=1S/C25H28ClNO2.CH4O/c1-4-5-6-7-10-18(16-28)24-23(20-11-8-9-12-22(20)26)21-15-17(2)13-14-19(21)25(29)27(24)3;1-2/h8-9,11-16,18H,4-7,10H2,1-3H3;2H,1H3. The number of aryl methyl sites for hydroxylation is 1. The summed E-state index contributed by atoms with van der Waals surface area (Å²) in [6.07, 6.45) is 6.06. The Labute approximate surface area is 189 Å². The monoisotopic (exact) mass is 441 g/mol. The summed E-state index contributed by atoms with van der Waals surface area (Å²) in [5, 5.41) is 9.12. The highest BCUT2D eigenvalue weighted by Gasteiger charge is 2.24. The Morgan fingerprint density at radius 3 is 2.42 bits per heavy atom. The maximum absolute atomic E-state index is 13.1. The number of carbonyl (C=O) groups excluding carboxylic acids is 1. The van der Waals surface area contributed by atoms with E-state index < -0.39 is 0 Å². The summed E-state index contributed by atoms with van der Waals surface area (Å²) >= 11 is 6.58. The lowest BCUT2D eigenvalue weighted by molar-refractivity contribution is -0.109. The molecule has 2 aromatic carbocycles. The minimum absolute atomic E-state index is 0.0776. The number of benzene rings is 2. The van der Waals surface area contributed by atoms with Crippen LogP contribution in [0.5, 0.6) is 0 Å². The van der Waals surface area contributed by atoms with Gasteiger partial charge in [0.25, 0.3) is 5.56 Å². The number of carbonyl (C=O) groups is 1. The number of halogens is 1. The second-order valence-corrected chi connectivity index (χ2v) is 8.15. The molecule has 1 unspecified atom stereocenters. The van der Waals surface area contributed by atoms with Crippen molar-refractivity contribution in [2.24, 2.45) is 7.05 Å². The number of aldehydes is 1. The predicted molar refractivity (Wildman–Crippen MR) is 130 cm³/mol. The smallest absolute Gasteiger partial charge is 0.258 e. The molecule has 0 bridgehead atoms. The fourth-order valence-electron chi connectivity index (χ4n) is 4.09. The van der Waals surface area contributed by atoms with Crippen molar-refractivity contribution >= 4 is 28.7 Å². The largest absolute Gasteiger partial charge is 0.400 e. The number of fused-ring (bicyclic) bond motifs is 1. The van der Waals surface area contributed by atoms with Gasteiger partial charge in [0.1, 0.15) is 6.29 Å². The van der Waals surface area contributed by atoms with Crippen molar-refractivity contribution in [1.82, 2.24) is 4.57 Å². The zero-order valence-electron chi connectivity index (χ0n) is 18.8. The third kappa shape index (κ3) is 5.44. The van der Waals surface area contributed by atoms with E-state index in [-0.39, 0.29) is 11.5 Å². The van der Waals surface area contributed by atoms with Crippen LogP contribution < -0.4 is 5.56 Å². The van der Waals surface area contributed by atoms with Gasteiger partial charge in [0.2, 0.25) is 0 Å². The molecule has 0 aliphatic carbocycles. The molecule has 3 aromatic rings. The van der Waals surface area contributed by atoms with E-state index in [4.69, 9.17) is 16.7 Å². The van der Waals surface area contributed by atoms with Crippen LogP contribution in [0.2, 0.25) is 5.02 Å². The lowest BCUT2D eigenvalue weighted by Crippen LogP contribution is -2.24. The number of unbranched alkanes of at least 4 members (excludes halogenated alkanes) is 3. The van der Waals surface area contributed by atoms with E-state index >= 15 is 0 Å². The Hall–Kier alpha value is -2.43. The van der Waals surface area contributed by atoms with Crippen molar-refractivity contribution in [2.45, 2.75) is 51.9 Å². The van der Waals surface area contributed by atoms with Crippen molar-refractivity contribution in [2.75, 3.05) is 7.11 Å². The van der Waals surface area contributed by atoms with Crippen molar-refractivity contribution in [3.63, 3.8) is 0 Å². The van der Waals surface area contributed by atoms with Gasteiger partial charge in [-0.15, -0.1) is 0 Å². The normalized spacial score (nSPS) is 11.7. The first kappa shape index (κ1) is 24.8. The summed E-state index contributed by atoms with van der Waals surface area (Å²) in [5.74, 6) is -0.347. The van der Waals surface area contributed by atoms with Crippen LogP contribution in [0.3, 0.4) is 0 Å². The van der Waals surface area contributed by atoms with Gasteiger partial charge in [-0.1, -0.05) is 80.1 Å². The average Bonchev–Trinajstić information content (AvgIpc) is 2.79. The van der Waals surface area contributed by atoms with Crippen LogP contribution in [0.4, 0.5) is 0 Å². The fourth-order valence-corrected chi connectivity index (χ4v) is 4.32. The quantitative estimate of drug-likeness (QED) is 0.343. The Morgan fingerprint density at radius 2 is 1.77 bits per heavy atom. The Kier molecular flexibility index (Phi) is 9.47. The van der Waals surface area contributed by atoms with Crippen molar-refractivity contribution < 1.29 is 9.90 Å². The number of aliphatic hydroxyl groups excluding tert-OH is 1. The van der Waals surface area contributed by atoms with Gasteiger partial charge in [0.15, 0.2) is 0 Å². The molecule has 0 radical (unpaired) electrons. The molecule has 1 atom stereocenters. The molecule has 3 rings (SSSR count). The maximum Gasteiger partial charge on any atom is 0.258 e. The van der Waals surface area contributed by atoms with Crippen LogP contribution in [0.15, 0.2) is 47.3 Å². The Morgan fingerprint density at radius 1 is 1.06 bits per heavy atom. The van der Waals surface area contributed by atoms with Crippen LogP contribution in [-0.4, -0.2) is 23.1 Å². The summed E-state index contributed by atoms with van der Waals surface area (Å²) in [6.45, 7) is 4.18. The molecule has 0 saturated heterocycles. The number of pyridine rings is 1. The summed E-state index contributed by atoms with van der Waals surface area (Å²) in [5.41, 5.74) is 3.49. The Balaban J connectivity index is 0.00000166. The van der Waals surface area contributed by atoms with Crippen LogP contribution >= 0.6 is 11.6 Å². The molecular formula is C26H32ClNO3. The van der Waals surface area contributed by atoms with Crippen molar-refractivity contribution in [3.8, 4) is 11.1 Å². The summed E-state index contributed by atoms with van der Waals surface area (Å²) in [6, 6.07) is 13.5. The average molecular weight is 442 g/mol. The maximum atomic E-state index is 13.1. The zero-order valence-corrected chi connectivity index (χ0v) is 19.6. The first-order valence-electron chi connectivity index (χ1n) is 10.8. The minimum Gasteiger partial charge on any atom is -0.400 e. The lowest BCUT2D eigenvalue weighted by Gasteiger charge is -2.22. The van der Waals surface area contributed by atoms with Gasteiger partial charge >= 0.3 is 0 Å². The van der Waals surface area contributed by atoms with Gasteiger partial charge in [-0.05, 0) is 30.9 Å². The summed E-state index contributed by atoms with van der Waals surface area (Å²) in [4.78, 5) is 25.3. The number of hydrogen-bond donors (Lipinski definition) is 1. The lowest BCUT2D eigenvalue weighted by atomic mass is 9.88. The van der Waals surface area contributed by atoms with Gasteiger partial charge in [0.05, 0.1) is 5.92 Å².